The van der Waals surface area contributed by atoms with Crippen molar-refractivity contribution in [1.29, 1.82) is 0 Å². The molecule has 0 aromatic carbocycles. The van der Waals surface area contributed by atoms with Crippen molar-refractivity contribution in [2.45, 2.75) is 34.7 Å². The molecule has 0 N–H and O–H groups in total. The third kappa shape index (κ3) is 4.13. The Bertz CT molecular complexity index is 875. The van der Waals surface area contributed by atoms with Crippen LogP contribution in [-0.2, 0) is 5.75 Å². The van der Waals surface area contributed by atoms with E-state index in [9.17, 15) is 4.79 Å². The van der Waals surface area contributed by atoms with Gasteiger partial charge >= 0.3 is 0 Å². The SMILES string of the molecule is CCCSc1nnc(SCc2cc(=O)n3ccc(C)cc3n2)s1. The number of hydrogen-bond donors (Lipinski definition) is 0. The van der Waals surface area contributed by atoms with Crippen LogP contribution in [0.25, 0.3) is 5.65 Å². The van der Waals surface area contributed by atoms with Gasteiger partial charge in [0.05, 0.1) is 5.69 Å². The van der Waals surface area contributed by atoms with Gasteiger partial charge in [0.25, 0.3) is 5.56 Å². The predicted octanol–water partition coefficient (Wildman–Crippen LogP) is 3.65. The van der Waals surface area contributed by atoms with E-state index in [4.69, 9.17) is 0 Å². The van der Waals surface area contributed by atoms with Gasteiger partial charge in [-0.25, -0.2) is 4.98 Å². The Morgan fingerprint density at radius 2 is 2.00 bits per heavy atom. The molecule has 0 saturated heterocycles. The molecule has 8 heteroatoms. The molecule has 0 bridgehead atoms. The maximum absolute atomic E-state index is 12.1. The Kier molecular flexibility index (Phi) is 5.34. The highest BCUT2D eigenvalue weighted by molar-refractivity contribution is 8.02. The molecule has 0 fully saturated rings. The molecule has 3 aromatic rings. The number of aromatic nitrogens is 4. The van der Waals surface area contributed by atoms with E-state index >= 15 is 0 Å². The minimum absolute atomic E-state index is 0.0537. The summed E-state index contributed by atoms with van der Waals surface area (Å²) >= 11 is 4.90. The molecule has 0 spiro atoms. The molecule has 3 heterocycles. The van der Waals surface area contributed by atoms with Crippen molar-refractivity contribution in [2.75, 3.05) is 5.75 Å². The van der Waals surface area contributed by atoms with Crippen molar-refractivity contribution < 1.29 is 0 Å². The van der Waals surface area contributed by atoms with Crippen LogP contribution in [0, 0.1) is 6.92 Å². The summed E-state index contributed by atoms with van der Waals surface area (Å²) in [5, 5.41) is 8.35. The van der Waals surface area contributed by atoms with Gasteiger partial charge in [0.2, 0.25) is 0 Å². The Balaban J connectivity index is 1.74. The third-order valence-electron chi connectivity index (χ3n) is 3.04. The van der Waals surface area contributed by atoms with Crippen molar-refractivity contribution in [3.63, 3.8) is 0 Å². The second-order valence-corrected chi connectivity index (χ2v) is 8.53. The van der Waals surface area contributed by atoms with Crippen molar-refractivity contribution in [1.82, 2.24) is 19.6 Å². The highest BCUT2D eigenvalue weighted by atomic mass is 32.2. The molecule has 0 aliphatic rings. The quantitative estimate of drug-likeness (QED) is 0.622. The average Bonchev–Trinajstić information content (AvgIpc) is 2.98. The zero-order chi connectivity index (χ0) is 16.2. The van der Waals surface area contributed by atoms with Gasteiger partial charge in [-0.3, -0.25) is 9.20 Å². The van der Waals surface area contributed by atoms with Gasteiger partial charge in [0.15, 0.2) is 8.68 Å². The summed E-state index contributed by atoms with van der Waals surface area (Å²) in [7, 11) is 0. The lowest BCUT2D eigenvalue weighted by Gasteiger charge is -2.03. The van der Waals surface area contributed by atoms with E-state index in [2.05, 4.69) is 22.1 Å². The van der Waals surface area contributed by atoms with Crippen molar-refractivity contribution in [3.05, 3.63) is 46.0 Å². The number of thioether (sulfide) groups is 2. The Hall–Kier alpha value is -1.38. The zero-order valence-electron chi connectivity index (χ0n) is 12.9. The molecule has 0 atom stereocenters. The Labute approximate surface area is 146 Å². The number of aryl methyl sites for hydroxylation is 1. The second-order valence-electron chi connectivity index (χ2n) is 4.99. The van der Waals surface area contributed by atoms with E-state index in [1.165, 1.54) is 0 Å². The molecule has 0 amide bonds. The molecule has 23 heavy (non-hydrogen) atoms. The zero-order valence-corrected chi connectivity index (χ0v) is 15.3. The maximum Gasteiger partial charge on any atom is 0.258 e. The minimum atomic E-state index is -0.0537. The molecule has 0 aliphatic carbocycles. The summed E-state index contributed by atoms with van der Waals surface area (Å²) in [5.41, 5.74) is 2.48. The molecule has 3 aromatic heterocycles. The second kappa shape index (κ2) is 7.46. The van der Waals surface area contributed by atoms with E-state index in [0.29, 0.717) is 11.4 Å². The molecule has 0 unspecified atom stereocenters. The van der Waals surface area contributed by atoms with Gasteiger partial charge in [-0.15, -0.1) is 10.2 Å². The first-order valence-corrected chi connectivity index (χ1v) is 10.0. The molecule has 0 radical (unpaired) electrons. The predicted molar refractivity (Wildman–Crippen MR) is 96.7 cm³/mol. The Morgan fingerprint density at radius 1 is 1.22 bits per heavy atom. The van der Waals surface area contributed by atoms with Crippen LogP contribution in [0.3, 0.4) is 0 Å². The molecule has 0 saturated carbocycles. The van der Waals surface area contributed by atoms with Crippen molar-refractivity contribution >= 4 is 40.5 Å². The Morgan fingerprint density at radius 3 is 2.78 bits per heavy atom. The van der Waals surface area contributed by atoms with Crippen LogP contribution < -0.4 is 5.56 Å². The van der Waals surface area contributed by atoms with Gasteiger partial charge in [0.1, 0.15) is 5.65 Å². The smallest absolute Gasteiger partial charge is 0.258 e. The summed E-state index contributed by atoms with van der Waals surface area (Å²) in [4.78, 5) is 16.7. The van der Waals surface area contributed by atoms with Crippen LogP contribution in [0.15, 0.2) is 37.9 Å². The molecule has 0 aliphatic heterocycles. The summed E-state index contributed by atoms with van der Waals surface area (Å²) in [6, 6.07) is 5.41. The van der Waals surface area contributed by atoms with E-state index in [-0.39, 0.29) is 5.56 Å². The molecular weight excluding hydrogens is 348 g/mol. The van der Waals surface area contributed by atoms with Gasteiger partial charge in [0, 0.05) is 23.8 Å². The average molecular weight is 365 g/mol. The van der Waals surface area contributed by atoms with Crippen molar-refractivity contribution in [2.24, 2.45) is 0 Å². The summed E-state index contributed by atoms with van der Waals surface area (Å²) < 4.78 is 3.47. The first kappa shape index (κ1) is 16.5. The molecule has 120 valence electrons. The van der Waals surface area contributed by atoms with Crippen LogP contribution >= 0.6 is 34.9 Å². The first-order valence-electron chi connectivity index (χ1n) is 7.24. The number of hydrogen-bond acceptors (Lipinski definition) is 7. The molecule has 5 nitrogen and oxygen atoms in total. The normalized spacial score (nSPS) is 11.2. The van der Waals surface area contributed by atoms with Crippen LogP contribution in [0.4, 0.5) is 0 Å². The highest BCUT2D eigenvalue weighted by Gasteiger charge is 2.08. The lowest BCUT2D eigenvalue weighted by atomic mass is 10.3. The molecule has 3 rings (SSSR count). The van der Waals surface area contributed by atoms with Gasteiger partial charge in [-0.1, -0.05) is 41.8 Å². The van der Waals surface area contributed by atoms with E-state index < -0.39 is 0 Å². The van der Waals surface area contributed by atoms with Gasteiger partial charge in [-0.2, -0.15) is 0 Å². The summed E-state index contributed by atoms with van der Waals surface area (Å²) in [6.45, 7) is 4.14. The number of fused-ring (bicyclic) bond motifs is 1. The first-order chi connectivity index (χ1) is 11.2. The summed E-state index contributed by atoms with van der Waals surface area (Å²) in [6.07, 6.45) is 2.88. The lowest BCUT2D eigenvalue weighted by molar-refractivity contribution is 0.951. The minimum Gasteiger partial charge on any atom is -0.269 e. The lowest BCUT2D eigenvalue weighted by Crippen LogP contribution is -2.15. The largest absolute Gasteiger partial charge is 0.269 e. The van der Waals surface area contributed by atoms with E-state index in [0.717, 1.165) is 32.1 Å². The maximum atomic E-state index is 12.1. The van der Waals surface area contributed by atoms with E-state index in [1.54, 1.807) is 51.5 Å². The number of nitrogens with zero attached hydrogens (tertiary/aromatic N) is 4. The van der Waals surface area contributed by atoms with Crippen LogP contribution in [0.1, 0.15) is 24.6 Å². The van der Waals surface area contributed by atoms with Crippen molar-refractivity contribution in [3.8, 4) is 0 Å². The van der Waals surface area contributed by atoms with Gasteiger partial charge in [-0.05, 0) is 31.0 Å². The van der Waals surface area contributed by atoms with Crippen LogP contribution in [-0.4, -0.2) is 25.3 Å². The summed E-state index contributed by atoms with van der Waals surface area (Å²) in [5.74, 6) is 1.68. The fraction of sp³-hybridized carbons (Fsp3) is 0.333. The standard InChI is InChI=1S/C15H16N4OS3/c1-3-6-21-14-17-18-15(23-14)22-9-11-8-13(20)19-5-4-10(2)7-12(19)16-11/h4-5,7-8H,3,6,9H2,1-2H3. The third-order valence-corrected chi connectivity index (χ3v) is 6.47. The highest BCUT2D eigenvalue weighted by Crippen LogP contribution is 2.30. The number of pyridine rings is 1. The van der Waals surface area contributed by atoms with Gasteiger partial charge < -0.3 is 0 Å². The molecular formula is C15H16N4OS3. The topological polar surface area (TPSA) is 60.2 Å². The number of rotatable bonds is 6. The fourth-order valence-electron chi connectivity index (χ4n) is 1.97. The van der Waals surface area contributed by atoms with Crippen LogP contribution in [0.5, 0.6) is 0 Å². The van der Waals surface area contributed by atoms with Crippen LogP contribution in [0.2, 0.25) is 0 Å². The fourth-order valence-corrected chi connectivity index (χ4v) is 4.80. The monoisotopic (exact) mass is 364 g/mol. The van der Waals surface area contributed by atoms with E-state index in [1.807, 2.05) is 19.1 Å².